The Morgan fingerprint density at radius 3 is 2.38 bits per heavy atom. The fraction of sp³-hybridized carbons (Fsp3) is 0.190. The minimum Gasteiger partial charge on any atom is -0.347 e. The van der Waals surface area contributed by atoms with Crippen LogP contribution in [0.5, 0.6) is 0 Å². The topological polar surface area (TPSA) is 59.3 Å². The highest BCUT2D eigenvalue weighted by Crippen LogP contribution is 2.26. The summed E-state index contributed by atoms with van der Waals surface area (Å²) in [6, 6.07) is 19.6. The molecule has 2 aromatic carbocycles. The lowest BCUT2D eigenvalue weighted by Crippen LogP contribution is -2.40. The van der Waals surface area contributed by atoms with Crippen LogP contribution in [-0.4, -0.2) is 26.0 Å². The number of fused-ring (bicyclic) bond motifs is 3. The van der Waals surface area contributed by atoms with Gasteiger partial charge >= 0.3 is 0 Å². The third kappa shape index (κ3) is 2.81. The van der Waals surface area contributed by atoms with Crippen molar-refractivity contribution in [1.29, 1.82) is 0 Å². The number of amides is 1. The van der Waals surface area contributed by atoms with Gasteiger partial charge < -0.3 is 5.32 Å². The molecule has 2 aromatic heterocycles. The number of hydrogen-bond acceptors (Lipinski definition) is 3. The summed E-state index contributed by atoms with van der Waals surface area (Å²) in [5.41, 5.74) is 2.84. The van der Waals surface area contributed by atoms with Gasteiger partial charge in [-0.1, -0.05) is 48.5 Å². The van der Waals surface area contributed by atoms with Crippen LogP contribution >= 0.6 is 0 Å². The molecular formula is C21H20N4O. The largest absolute Gasteiger partial charge is 0.347 e. The lowest BCUT2D eigenvalue weighted by molar-refractivity contribution is 0.0921. The Labute approximate surface area is 151 Å². The summed E-state index contributed by atoms with van der Waals surface area (Å²) in [5, 5.41) is 12.6. The van der Waals surface area contributed by atoms with Crippen molar-refractivity contribution in [3.63, 3.8) is 0 Å². The van der Waals surface area contributed by atoms with Crippen LogP contribution in [0.15, 0.2) is 60.7 Å². The van der Waals surface area contributed by atoms with Gasteiger partial charge in [0.05, 0.1) is 11.1 Å². The summed E-state index contributed by atoms with van der Waals surface area (Å²) >= 11 is 0. The first-order valence-electron chi connectivity index (χ1n) is 8.59. The second-order valence-electron chi connectivity index (χ2n) is 7.36. The zero-order valence-corrected chi connectivity index (χ0v) is 15.0. The molecule has 1 N–H and O–H groups in total. The van der Waals surface area contributed by atoms with Crippen molar-refractivity contribution in [2.24, 2.45) is 0 Å². The number of nitrogens with zero attached hydrogens (tertiary/aromatic N) is 3. The molecular weight excluding hydrogens is 324 g/mol. The SMILES string of the molecule is CC(C)(C)NC(=O)c1cc2nnc(-c3ccccc3)n2c2ccccc12. The molecule has 0 aliphatic carbocycles. The van der Waals surface area contributed by atoms with Gasteiger partial charge in [0.25, 0.3) is 5.91 Å². The van der Waals surface area contributed by atoms with Gasteiger partial charge in [-0.15, -0.1) is 10.2 Å². The van der Waals surface area contributed by atoms with Gasteiger partial charge in [-0.3, -0.25) is 9.20 Å². The molecule has 4 rings (SSSR count). The summed E-state index contributed by atoms with van der Waals surface area (Å²) in [4.78, 5) is 12.8. The number of carbonyl (C=O) groups excluding carboxylic acids is 1. The lowest BCUT2D eigenvalue weighted by Gasteiger charge is -2.21. The van der Waals surface area contributed by atoms with E-state index in [1.54, 1.807) is 0 Å². The number of carbonyl (C=O) groups is 1. The molecule has 2 heterocycles. The Morgan fingerprint density at radius 2 is 1.65 bits per heavy atom. The average Bonchev–Trinajstić information content (AvgIpc) is 3.04. The standard InChI is InChI=1S/C21H20N4O/c1-21(2,3)22-20(26)16-13-18-23-24-19(14-9-5-4-6-10-14)25(18)17-12-8-7-11-15(16)17/h4-13H,1-3H3,(H,22,26). The van der Waals surface area contributed by atoms with Crippen LogP contribution in [0.2, 0.25) is 0 Å². The molecule has 0 unspecified atom stereocenters. The Bertz CT molecular complexity index is 1110. The van der Waals surface area contributed by atoms with Crippen LogP contribution < -0.4 is 5.32 Å². The van der Waals surface area contributed by atoms with E-state index < -0.39 is 0 Å². The Hall–Kier alpha value is -3.21. The molecule has 0 radical (unpaired) electrons. The molecule has 5 heteroatoms. The van der Waals surface area contributed by atoms with E-state index in [4.69, 9.17) is 0 Å². The quantitative estimate of drug-likeness (QED) is 0.596. The van der Waals surface area contributed by atoms with Crippen LogP contribution in [0.3, 0.4) is 0 Å². The molecule has 130 valence electrons. The van der Waals surface area contributed by atoms with Crippen molar-refractivity contribution >= 4 is 22.5 Å². The maximum absolute atomic E-state index is 12.8. The van der Waals surface area contributed by atoms with E-state index >= 15 is 0 Å². The molecule has 0 atom stereocenters. The maximum atomic E-state index is 12.8. The number of benzene rings is 2. The van der Waals surface area contributed by atoms with Gasteiger partial charge in [-0.2, -0.15) is 0 Å². The molecule has 0 saturated heterocycles. The predicted octanol–water partition coefficient (Wildman–Crippen LogP) is 4.08. The molecule has 0 saturated carbocycles. The fourth-order valence-electron chi connectivity index (χ4n) is 3.10. The first-order valence-corrected chi connectivity index (χ1v) is 8.59. The van der Waals surface area contributed by atoms with E-state index in [-0.39, 0.29) is 11.4 Å². The summed E-state index contributed by atoms with van der Waals surface area (Å²) in [6.07, 6.45) is 0. The van der Waals surface area contributed by atoms with Gasteiger partial charge in [0, 0.05) is 16.5 Å². The number of rotatable bonds is 2. The molecule has 0 aliphatic heterocycles. The second kappa shape index (κ2) is 5.95. The van der Waals surface area contributed by atoms with Crippen molar-refractivity contribution < 1.29 is 4.79 Å². The highest BCUT2D eigenvalue weighted by atomic mass is 16.1. The number of para-hydroxylation sites is 1. The van der Waals surface area contributed by atoms with E-state index in [0.717, 1.165) is 22.3 Å². The molecule has 26 heavy (non-hydrogen) atoms. The van der Waals surface area contributed by atoms with Crippen molar-refractivity contribution in [1.82, 2.24) is 19.9 Å². The predicted molar refractivity (Wildman–Crippen MR) is 103 cm³/mol. The normalized spacial score (nSPS) is 11.8. The highest BCUT2D eigenvalue weighted by Gasteiger charge is 2.20. The Balaban J connectivity index is 1.99. The zero-order chi connectivity index (χ0) is 18.3. The third-order valence-corrected chi connectivity index (χ3v) is 4.16. The smallest absolute Gasteiger partial charge is 0.252 e. The van der Waals surface area contributed by atoms with Crippen LogP contribution in [0.25, 0.3) is 27.9 Å². The molecule has 5 nitrogen and oxygen atoms in total. The van der Waals surface area contributed by atoms with Crippen LogP contribution in [0.4, 0.5) is 0 Å². The molecule has 4 aromatic rings. The molecule has 0 fully saturated rings. The van der Waals surface area contributed by atoms with E-state index in [1.807, 2.05) is 85.8 Å². The highest BCUT2D eigenvalue weighted by molar-refractivity contribution is 6.08. The summed E-state index contributed by atoms with van der Waals surface area (Å²) in [7, 11) is 0. The number of nitrogens with one attached hydrogen (secondary N) is 1. The van der Waals surface area contributed by atoms with Gasteiger partial charge in [0.2, 0.25) is 0 Å². The number of aromatic nitrogens is 3. The van der Waals surface area contributed by atoms with Crippen LogP contribution in [-0.2, 0) is 0 Å². The minimum atomic E-state index is -0.312. The maximum Gasteiger partial charge on any atom is 0.252 e. The lowest BCUT2D eigenvalue weighted by atomic mass is 10.0. The van der Waals surface area contributed by atoms with Crippen molar-refractivity contribution in [3.8, 4) is 11.4 Å². The Morgan fingerprint density at radius 1 is 0.962 bits per heavy atom. The average molecular weight is 344 g/mol. The van der Waals surface area contributed by atoms with Gasteiger partial charge in [0.1, 0.15) is 0 Å². The molecule has 0 bridgehead atoms. The van der Waals surface area contributed by atoms with Crippen molar-refractivity contribution in [3.05, 3.63) is 66.2 Å². The second-order valence-corrected chi connectivity index (χ2v) is 7.36. The first kappa shape index (κ1) is 16.3. The van der Waals surface area contributed by atoms with Gasteiger partial charge in [0.15, 0.2) is 11.5 Å². The molecule has 0 spiro atoms. The van der Waals surface area contributed by atoms with Crippen molar-refractivity contribution in [2.45, 2.75) is 26.3 Å². The number of hydrogen-bond donors (Lipinski definition) is 1. The molecule has 1 amide bonds. The summed E-state index contributed by atoms with van der Waals surface area (Å²) in [5.74, 6) is 0.653. The van der Waals surface area contributed by atoms with E-state index in [9.17, 15) is 4.79 Å². The first-order chi connectivity index (χ1) is 12.4. The third-order valence-electron chi connectivity index (χ3n) is 4.16. The fourth-order valence-corrected chi connectivity index (χ4v) is 3.10. The summed E-state index contributed by atoms with van der Waals surface area (Å²) < 4.78 is 2.00. The monoisotopic (exact) mass is 344 g/mol. The van der Waals surface area contributed by atoms with E-state index in [0.29, 0.717) is 11.2 Å². The Kier molecular flexibility index (Phi) is 3.72. The van der Waals surface area contributed by atoms with E-state index in [1.165, 1.54) is 0 Å². The minimum absolute atomic E-state index is 0.111. The van der Waals surface area contributed by atoms with Crippen molar-refractivity contribution in [2.75, 3.05) is 0 Å². The summed E-state index contributed by atoms with van der Waals surface area (Å²) in [6.45, 7) is 5.91. The zero-order valence-electron chi connectivity index (χ0n) is 15.0. The van der Waals surface area contributed by atoms with Crippen LogP contribution in [0.1, 0.15) is 31.1 Å². The number of pyridine rings is 1. The van der Waals surface area contributed by atoms with Gasteiger partial charge in [-0.05, 0) is 32.9 Å². The van der Waals surface area contributed by atoms with E-state index in [2.05, 4.69) is 15.5 Å². The molecule has 0 aliphatic rings. The van der Waals surface area contributed by atoms with Gasteiger partial charge in [-0.25, -0.2) is 0 Å². The van der Waals surface area contributed by atoms with Crippen LogP contribution in [0, 0.1) is 0 Å².